The summed E-state index contributed by atoms with van der Waals surface area (Å²) < 4.78 is 0. The van der Waals surface area contributed by atoms with Crippen LogP contribution in [0.5, 0.6) is 0 Å². The van der Waals surface area contributed by atoms with Crippen molar-refractivity contribution in [3.63, 3.8) is 0 Å². The molecule has 0 aromatic heterocycles. The SMILES string of the molecule is CON=Cc1c[c]ccc1CN. The van der Waals surface area contributed by atoms with Crippen LogP contribution in [0.4, 0.5) is 0 Å². The van der Waals surface area contributed by atoms with Crippen LogP contribution in [-0.2, 0) is 11.4 Å². The monoisotopic (exact) mass is 163 g/mol. The molecule has 1 aromatic rings. The molecule has 0 amide bonds. The third-order valence-corrected chi connectivity index (χ3v) is 1.51. The largest absolute Gasteiger partial charge is 0.399 e. The molecule has 0 aliphatic rings. The van der Waals surface area contributed by atoms with Crippen molar-refractivity contribution in [2.24, 2.45) is 10.9 Å². The Morgan fingerprint density at radius 3 is 3.25 bits per heavy atom. The number of hydrogen-bond donors (Lipinski definition) is 1. The molecule has 0 saturated heterocycles. The van der Waals surface area contributed by atoms with Gasteiger partial charge in [-0.3, -0.25) is 0 Å². The molecule has 2 N–H and O–H groups in total. The van der Waals surface area contributed by atoms with Gasteiger partial charge in [0, 0.05) is 12.1 Å². The summed E-state index contributed by atoms with van der Waals surface area (Å²) in [6, 6.07) is 8.51. The third-order valence-electron chi connectivity index (χ3n) is 1.51. The number of oxime groups is 1. The summed E-state index contributed by atoms with van der Waals surface area (Å²) in [6.07, 6.45) is 1.62. The molecule has 0 aliphatic heterocycles. The van der Waals surface area contributed by atoms with E-state index in [4.69, 9.17) is 5.73 Å². The summed E-state index contributed by atoms with van der Waals surface area (Å²) in [7, 11) is 1.51. The van der Waals surface area contributed by atoms with Gasteiger partial charge in [0.15, 0.2) is 0 Å². The molecule has 0 unspecified atom stereocenters. The fourth-order valence-electron chi connectivity index (χ4n) is 0.891. The van der Waals surface area contributed by atoms with Gasteiger partial charge in [-0.05, 0) is 17.7 Å². The molecule has 12 heavy (non-hydrogen) atoms. The van der Waals surface area contributed by atoms with Crippen LogP contribution in [-0.4, -0.2) is 13.3 Å². The van der Waals surface area contributed by atoms with E-state index in [0.717, 1.165) is 11.1 Å². The van der Waals surface area contributed by atoms with Crippen LogP contribution < -0.4 is 5.73 Å². The Morgan fingerprint density at radius 1 is 1.75 bits per heavy atom. The summed E-state index contributed by atoms with van der Waals surface area (Å²) in [4.78, 5) is 4.56. The highest BCUT2D eigenvalue weighted by Gasteiger charge is 1.95. The van der Waals surface area contributed by atoms with Gasteiger partial charge in [0.2, 0.25) is 0 Å². The molecule has 1 radical (unpaired) electrons. The van der Waals surface area contributed by atoms with Crippen molar-refractivity contribution in [3.05, 3.63) is 35.4 Å². The summed E-state index contributed by atoms with van der Waals surface area (Å²) in [6.45, 7) is 0.500. The van der Waals surface area contributed by atoms with Crippen molar-refractivity contribution in [1.82, 2.24) is 0 Å². The zero-order chi connectivity index (χ0) is 8.81. The van der Waals surface area contributed by atoms with E-state index in [1.54, 1.807) is 6.21 Å². The maximum Gasteiger partial charge on any atom is 0.106 e. The van der Waals surface area contributed by atoms with Crippen LogP contribution in [0, 0.1) is 6.07 Å². The van der Waals surface area contributed by atoms with E-state index in [1.165, 1.54) is 7.11 Å². The number of benzene rings is 1. The van der Waals surface area contributed by atoms with E-state index >= 15 is 0 Å². The maximum absolute atomic E-state index is 5.51. The lowest BCUT2D eigenvalue weighted by Crippen LogP contribution is -2.00. The Balaban J connectivity index is 2.89. The van der Waals surface area contributed by atoms with Crippen molar-refractivity contribution in [2.75, 3.05) is 7.11 Å². The predicted octanol–water partition coefficient (Wildman–Crippen LogP) is 0.926. The average molecular weight is 163 g/mol. The Kier molecular flexibility index (Phi) is 3.29. The molecule has 0 spiro atoms. The first kappa shape index (κ1) is 8.74. The lowest BCUT2D eigenvalue weighted by Gasteiger charge is -1.99. The van der Waals surface area contributed by atoms with Gasteiger partial charge in [-0.2, -0.15) is 0 Å². The first-order chi connectivity index (χ1) is 5.88. The fourth-order valence-corrected chi connectivity index (χ4v) is 0.891. The van der Waals surface area contributed by atoms with Crippen LogP contribution in [0.15, 0.2) is 23.4 Å². The summed E-state index contributed by atoms with van der Waals surface area (Å²) in [5, 5.41) is 3.65. The van der Waals surface area contributed by atoms with Gasteiger partial charge in [-0.1, -0.05) is 17.3 Å². The lowest BCUT2D eigenvalue weighted by molar-refractivity contribution is 0.215. The average Bonchev–Trinajstić information content (AvgIpc) is 2.15. The second-order valence-corrected chi connectivity index (χ2v) is 2.25. The van der Waals surface area contributed by atoms with Gasteiger partial charge in [-0.25, -0.2) is 0 Å². The molecule has 0 bridgehead atoms. The van der Waals surface area contributed by atoms with Gasteiger partial charge in [0.1, 0.15) is 7.11 Å². The Bertz CT molecular complexity index is 271. The second-order valence-electron chi connectivity index (χ2n) is 2.25. The second kappa shape index (κ2) is 4.51. The number of nitrogens with two attached hydrogens (primary N) is 1. The van der Waals surface area contributed by atoms with Crippen LogP contribution in [0.25, 0.3) is 0 Å². The minimum Gasteiger partial charge on any atom is -0.399 e. The van der Waals surface area contributed by atoms with Gasteiger partial charge in [0.25, 0.3) is 0 Å². The molecule has 0 atom stereocenters. The highest BCUT2D eigenvalue weighted by Crippen LogP contribution is 2.04. The number of hydrogen-bond acceptors (Lipinski definition) is 3. The molecule has 3 heteroatoms. The van der Waals surface area contributed by atoms with Gasteiger partial charge >= 0.3 is 0 Å². The van der Waals surface area contributed by atoms with Crippen LogP contribution in [0.3, 0.4) is 0 Å². The molecule has 0 fully saturated rings. The standard InChI is InChI=1S/C9H11N2O/c1-12-11-7-9-5-3-2-4-8(9)6-10/h2,4-5,7H,6,10H2,1H3. The summed E-state index contributed by atoms with van der Waals surface area (Å²) >= 11 is 0. The Morgan fingerprint density at radius 2 is 2.58 bits per heavy atom. The number of nitrogens with zero attached hydrogens (tertiary/aromatic N) is 1. The van der Waals surface area contributed by atoms with E-state index in [0.29, 0.717) is 6.54 Å². The number of rotatable bonds is 3. The summed E-state index contributed by atoms with van der Waals surface area (Å²) in [5.74, 6) is 0. The van der Waals surface area contributed by atoms with E-state index < -0.39 is 0 Å². The Labute approximate surface area is 71.8 Å². The van der Waals surface area contributed by atoms with Crippen molar-refractivity contribution < 1.29 is 4.84 Å². The summed E-state index contributed by atoms with van der Waals surface area (Å²) in [5.41, 5.74) is 7.49. The molecule has 0 heterocycles. The quantitative estimate of drug-likeness (QED) is 0.532. The first-order valence-electron chi connectivity index (χ1n) is 3.64. The molecule has 0 saturated carbocycles. The van der Waals surface area contributed by atoms with Crippen molar-refractivity contribution in [3.8, 4) is 0 Å². The molecule has 0 aliphatic carbocycles. The molecule has 3 nitrogen and oxygen atoms in total. The fraction of sp³-hybridized carbons (Fsp3) is 0.222. The first-order valence-corrected chi connectivity index (χ1v) is 3.64. The van der Waals surface area contributed by atoms with E-state index in [-0.39, 0.29) is 0 Å². The van der Waals surface area contributed by atoms with E-state index in [9.17, 15) is 0 Å². The maximum atomic E-state index is 5.51. The van der Waals surface area contributed by atoms with Crippen molar-refractivity contribution in [1.29, 1.82) is 0 Å². The smallest absolute Gasteiger partial charge is 0.106 e. The van der Waals surface area contributed by atoms with Crippen LogP contribution >= 0.6 is 0 Å². The normalized spacial score (nSPS) is 10.5. The molecule has 63 valence electrons. The zero-order valence-corrected chi connectivity index (χ0v) is 6.95. The molecular formula is C9H11N2O. The highest BCUT2D eigenvalue weighted by molar-refractivity contribution is 5.81. The highest BCUT2D eigenvalue weighted by atomic mass is 16.6. The molecule has 1 rings (SSSR count). The molecular weight excluding hydrogens is 152 g/mol. The lowest BCUT2D eigenvalue weighted by atomic mass is 10.1. The van der Waals surface area contributed by atoms with E-state index in [1.807, 2.05) is 18.2 Å². The third kappa shape index (κ3) is 2.07. The van der Waals surface area contributed by atoms with Gasteiger partial charge in [0.05, 0.1) is 6.21 Å². The van der Waals surface area contributed by atoms with Gasteiger partial charge in [-0.15, -0.1) is 0 Å². The zero-order valence-electron chi connectivity index (χ0n) is 6.95. The van der Waals surface area contributed by atoms with Crippen molar-refractivity contribution >= 4 is 6.21 Å². The minimum atomic E-state index is 0.500. The molecule has 1 aromatic carbocycles. The van der Waals surface area contributed by atoms with Crippen LogP contribution in [0.2, 0.25) is 0 Å². The predicted molar refractivity (Wildman–Crippen MR) is 47.8 cm³/mol. The topological polar surface area (TPSA) is 47.6 Å². The minimum absolute atomic E-state index is 0.500. The van der Waals surface area contributed by atoms with Crippen LogP contribution in [0.1, 0.15) is 11.1 Å². The van der Waals surface area contributed by atoms with Crippen molar-refractivity contribution in [2.45, 2.75) is 6.54 Å². The van der Waals surface area contributed by atoms with Gasteiger partial charge < -0.3 is 10.6 Å². The Hall–Kier alpha value is -1.35. The van der Waals surface area contributed by atoms with E-state index in [2.05, 4.69) is 16.1 Å².